The van der Waals surface area contributed by atoms with E-state index in [1.165, 1.54) is 4.70 Å². The van der Waals surface area contributed by atoms with E-state index in [9.17, 15) is 0 Å². The number of hydrogen-bond donors (Lipinski definition) is 0. The van der Waals surface area contributed by atoms with E-state index in [2.05, 4.69) is 38.0 Å². The van der Waals surface area contributed by atoms with Gasteiger partial charge in [-0.1, -0.05) is 17.7 Å². The van der Waals surface area contributed by atoms with Gasteiger partial charge in [0.25, 0.3) is 0 Å². The zero-order valence-corrected chi connectivity index (χ0v) is 16.2. The SMILES string of the molecule is Cn1ccc2c1C=NCN2c1ccc(Oc2cccc3sccc23)c(Cl)c1. The lowest BCUT2D eigenvalue weighted by Crippen LogP contribution is -2.21. The number of thiophene rings is 1. The van der Waals surface area contributed by atoms with Gasteiger partial charge in [-0.3, -0.25) is 4.99 Å². The van der Waals surface area contributed by atoms with Crippen LogP contribution in [0.2, 0.25) is 5.02 Å². The molecule has 2 aromatic carbocycles. The molecular formula is C21H16ClN3OS. The molecule has 0 spiro atoms. The molecule has 2 aromatic heterocycles. The number of fused-ring (bicyclic) bond motifs is 2. The summed E-state index contributed by atoms with van der Waals surface area (Å²) >= 11 is 8.26. The number of ether oxygens (including phenoxy) is 1. The second-order valence-electron chi connectivity index (χ2n) is 6.38. The Bertz CT molecular complexity index is 1180. The lowest BCUT2D eigenvalue weighted by molar-refractivity contribution is 0.489. The van der Waals surface area contributed by atoms with Gasteiger partial charge in [-0.05, 0) is 47.8 Å². The van der Waals surface area contributed by atoms with Crippen molar-refractivity contribution in [3.05, 3.63) is 70.8 Å². The molecule has 4 nitrogen and oxygen atoms in total. The Hall–Kier alpha value is -2.76. The second-order valence-corrected chi connectivity index (χ2v) is 7.74. The first kappa shape index (κ1) is 16.4. The summed E-state index contributed by atoms with van der Waals surface area (Å²) in [6, 6.07) is 16.1. The number of aryl methyl sites for hydroxylation is 1. The number of aliphatic imine (C=N–C) groups is 1. The Morgan fingerprint density at radius 1 is 1.11 bits per heavy atom. The van der Waals surface area contributed by atoms with Gasteiger partial charge in [0.1, 0.15) is 18.2 Å². The molecule has 0 unspecified atom stereocenters. The minimum absolute atomic E-state index is 0.571. The summed E-state index contributed by atoms with van der Waals surface area (Å²) in [5, 5.41) is 3.74. The fourth-order valence-electron chi connectivity index (χ4n) is 3.33. The van der Waals surface area contributed by atoms with Gasteiger partial charge in [0, 0.05) is 35.2 Å². The monoisotopic (exact) mass is 393 g/mol. The van der Waals surface area contributed by atoms with Crippen molar-refractivity contribution in [2.24, 2.45) is 12.0 Å². The van der Waals surface area contributed by atoms with Crippen LogP contribution in [-0.2, 0) is 7.05 Å². The molecule has 0 amide bonds. The topological polar surface area (TPSA) is 29.8 Å². The van der Waals surface area contributed by atoms with Gasteiger partial charge < -0.3 is 14.2 Å². The molecule has 0 fully saturated rings. The third-order valence-corrected chi connectivity index (χ3v) is 5.91. The van der Waals surface area contributed by atoms with Crippen molar-refractivity contribution in [3.63, 3.8) is 0 Å². The maximum atomic E-state index is 6.56. The van der Waals surface area contributed by atoms with Gasteiger partial charge in [-0.15, -0.1) is 11.3 Å². The first-order valence-corrected chi connectivity index (χ1v) is 9.83. The van der Waals surface area contributed by atoms with E-state index in [0.29, 0.717) is 17.4 Å². The van der Waals surface area contributed by atoms with Gasteiger partial charge >= 0.3 is 0 Å². The summed E-state index contributed by atoms with van der Waals surface area (Å²) < 4.78 is 9.38. The van der Waals surface area contributed by atoms with Crippen LogP contribution in [0.5, 0.6) is 11.5 Å². The predicted octanol–water partition coefficient (Wildman–Crippen LogP) is 6.21. The van der Waals surface area contributed by atoms with E-state index in [1.54, 1.807) is 11.3 Å². The molecule has 0 atom stereocenters. The molecule has 0 saturated carbocycles. The fourth-order valence-corrected chi connectivity index (χ4v) is 4.35. The predicted molar refractivity (Wildman–Crippen MR) is 113 cm³/mol. The minimum Gasteiger partial charge on any atom is -0.455 e. The molecule has 0 saturated heterocycles. The van der Waals surface area contributed by atoms with Gasteiger partial charge in [-0.2, -0.15) is 0 Å². The highest BCUT2D eigenvalue weighted by Crippen LogP contribution is 2.39. The Balaban J connectivity index is 1.48. The number of nitrogens with zero attached hydrogens (tertiary/aromatic N) is 3. The fraction of sp³-hybridized carbons (Fsp3) is 0.0952. The van der Waals surface area contributed by atoms with E-state index >= 15 is 0 Å². The lowest BCUT2D eigenvalue weighted by Gasteiger charge is -2.26. The highest BCUT2D eigenvalue weighted by molar-refractivity contribution is 7.17. The molecule has 6 heteroatoms. The first-order chi connectivity index (χ1) is 13.2. The normalized spacial score (nSPS) is 13.2. The van der Waals surface area contributed by atoms with Crippen LogP contribution in [0.4, 0.5) is 11.4 Å². The third kappa shape index (κ3) is 2.80. The first-order valence-electron chi connectivity index (χ1n) is 8.57. The molecule has 1 aliphatic heterocycles. The summed E-state index contributed by atoms with van der Waals surface area (Å²) in [5.74, 6) is 1.46. The van der Waals surface area contributed by atoms with Crippen LogP contribution < -0.4 is 9.64 Å². The summed E-state index contributed by atoms with van der Waals surface area (Å²) in [7, 11) is 2.02. The summed E-state index contributed by atoms with van der Waals surface area (Å²) in [6.07, 6.45) is 3.95. The highest BCUT2D eigenvalue weighted by atomic mass is 35.5. The zero-order chi connectivity index (χ0) is 18.4. The van der Waals surface area contributed by atoms with Gasteiger partial charge in [0.05, 0.1) is 16.4 Å². The van der Waals surface area contributed by atoms with Crippen LogP contribution in [0.25, 0.3) is 10.1 Å². The van der Waals surface area contributed by atoms with Gasteiger partial charge in [0.2, 0.25) is 0 Å². The average Bonchev–Trinajstić information content (AvgIpc) is 3.31. The van der Waals surface area contributed by atoms with Crippen LogP contribution in [0.3, 0.4) is 0 Å². The van der Waals surface area contributed by atoms with Crippen LogP contribution in [0.15, 0.2) is 65.1 Å². The molecule has 27 heavy (non-hydrogen) atoms. The van der Waals surface area contributed by atoms with Crippen molar-refractivity contribution in [2.45, 2.75) is 0 Å². The lowest BCUT2D eigenvalue weighted by atomic mass is 10.2. The molecular weight excluding hydrogens is 378 g/mol. The standard InChI is InChI=1S/C21H16ClN3OS/c1-24-9-7-17-18(24)12-23-13-25(17)14-5-6-20(16(22)11-14)26-19-3-2-4-21-15(19)8-10-27-21/h2-12H,13H2,1H3. The van der Waals surface area contributed by atoms with Crippen molar-refractivity contribution in [1.29, 1.82) is 0 Å². The van der Waals surface area contributed by atoms with Crippen LogP contribution in [0, 0.1) is 0 Å². The second kappa shape index (κ2) is 6.44. The van der Waals surface area contributed by atoms with Crippen LogP contribution >= 0.6 is 22.9 Å². The Labute approximate surface area is 165 Å². The molecule has 0 aliphatic carbocycles. The molecule has 0 bridgehead atoms. The quantitative estimate of drug-likeness (QED) is 0.414. The largest absolute Gasteiger partial charge is 0.455 e. The van der Waals surface area contributed by atoms with Gasteiger partial charge in [0.15, 0.2) is 0 Å². The smallest absolute Gasteiger partial charge is 0.146 e. The molecule has 134 valence electrons. The number of hydrogen-bond acceptors (Lipinski definition) is 4. The minimum atomic E-state index is 0.571. The van der Waals surface area contributed by atoms with Crippen LogP contribution in [-0.4, -0.2) is 17.5 Å². The highest BCUT2D eigenvalue weighted by Gasteiger charge is 2.19. The van der Waals surface area contributed by atoms with Crippen molar-refractivity contribution >= 4 is 50.6 Å². The number of aromatic nitrogens is 1. The van der Waals surface area contributed by atoms with Gasteiger partial charge in [-0.25, -0.2) is 0 Å². The third-order valence-electron chi connectivity index (χ3n) is 4.73. The van der Waals surface area contributed by atoms with Crippen molar-refractivity contribution < 1.29 is 4.74 Å². The van der Waals surface area contributed by atoms with E-state index in [1.807, 2.05) is 49.8 Å². The number of rotatable bonds is 3. The maximum Gasteiger partial charge on any atom is 0.146 e. The van der Waals surface area contributed by atoms with E-state index < -0.39 is 0 Å². The van der Waals surface area contributed by atoms with Crippen molar-refractivity contribution in [2.75, 3.05) is 11.6 Å². The summed E-state index contributed by atoms with van der Waals surface area (Å²) in [5.41, 5.74) is 3.20. The van der Waals surface area contributed by atoms with E-state index in [0.717, 1.165) is 28.2 Å². The number of benzene rings is 2. The Kier molecular flexibility index (Phi) is 3.92. The number of anilines is 2. The molecule has 3 heterocycles. The zero-order valence-electron chi connectivity index (χ0n) is 14.6. The Morgan fingerprint density at radius 3 is 2.93 bits per heavy atom. The summed E-state index contributed by atoms with van der Waals surface area (Å²) in [4.78, 5) is 6.61. The van der Waals surface area contributed by atoms with Crippen molar-refractivity contribution in [1.82, 2.24) is 4.57 Å². The maximum absolute atomic E-state index is 6.56. The molecule has 1 aliphatic rings. The van der Waals surface area contributed by atoms with Crippen molar-refractivity contribution in [3.8, 4) is 11.5 Å². The Morgan fingerprint density at radius 2 is 2.04 bits per heavy atom. The van der Waals surface area contributed by atoms with Crippen LogP contribution in [0.1, 0.15) is 5.69 Å². The molecule has 0 N–H and O–H groups in total. The summed E-state index contributed by atoms with van der Waals surface area (Å²) in [6.45, 7) is 0.571. The van der Waals surface area contributed by atoms with E-state index in [4.69, 9.17) is 16.3 Å². The average molecular weight is 394 g/mol. The molecule has 4 aromatic rings. The number of halogens is 1. The molecule has 0 radical (unpaired) electrons. The molecule has 5 rings (SSSR count). The van der Waals surface area contributed by atoms with E-state index in [-0.39, 0.29) is 0 Å².